The molecule has 30 heavy (non-hydrogen) atoms. The van der Waals surface area contributed by atoms with Gasteiger partial charge in [0.1, 0.15) is 11.6 Å². The molecule has 0 saturated carbocycles. The number of aromatic nitrogens is 2. The maximum Gasteiger partial charge on any atom is 0.234 e. The molecule has 2 aromatic carbocycles. The Morgan fingerprint density at radius 3 is 2.67 bits per heavy atom. The zero-order valence-electron chi connectivity index (χ0n) is 16.2. The van der Waals surface area contributed by atoms with Crippen molar-refractivity contribution in [2.45, 2.75) is 13.5 Å². The highest BCUT2D eigenvalue weighted by atomic mass is 79.9. The molecule has 0 aliphatic heterocycles. The highest BCUT2D eigenvalue weighted by molar-refractivity contribution is 9.10. The number of imidazole rings is 1. The van der Waals surface area contributed by atoms with E-state index in [4.69, 9.17) is 0 Å². The number of carbonyl (C=O) groups is 2. The lowest BCUT2D eigenvalue weighted by atomic mass is 10.2. The third-order valence-corrected chi connectivity index (χ3v) is 5.59. The van der Waals surface area contributed by atoms with E-state index in [9.17, 15) is 14.0 Å². The number of aryl methyl sites for hydroxylation is 1. The molecular formula is C21H20BrFN4O2S. The average molecular weight is 491 g/mol. The number of hydrogen-bond acceptors (Lipinski definition) is 4. The van der Waals surface area contributed by atoms with Crippen molar-refractivity contribution in [1.29, 1.82) is 0 Å². The smallest absolute Gasteiger partial charge is 0.234 e. The molecule has 2 N–H and O–H groups in total. The second kappa shape index (κ2) is 10.4. The van der Waals surface area contributed by atoms with Crippen molar-refractivity contribution in [1.82, 2.24) is 14.9 Å². The molecule has 0 bridgehead atoms. The largest absolute Gasteiger partial charge is 0.351 e. The number of nitrogens with one attached hydrogen (secondary N) is 2. The SMILES string of the molecule is Cc1nccn1-c1ccc(CNC(=O)CSCC(=O)Nc2cccc(Br)c2)cc1F. The Kier molecular flexibility index (Phi) is 7.64. The second-order valence-corrected chi connectivity index (χ2v) is 8.36. The molecule has 0 atom stereocenters. The van der Waals surface area contributed by atoms with Crippen LogP contribution in [0.2, 0.25) is 0 Å². The first-order chi connectivity index (χ1) is 14.4. The van der Waals surface area contributed by atoms with Gasteiger partial charge in [-0.3, -0.25) is 9.59 Å². The molecule has 1 heterocycles. The molecule has 2 amide bonds. The molecule has 9 heteroatoms. The molecular weight excluding hydrogens is 471 g/mol. The van der Waals surface area contributed by atoms with Crippen molar-refractivity contribution in [3.63, 3.8) is 0 Å². The van der Waals surface area contributed by atoms with Gasteiger partial charge in [0, 0.05) is 29.1 Å². The Bertz CT molecular complexity index is 1060. The van der Waals surface area contributed by atoms with Crippen LogP contribution in [-0.4, -0.2) is 32.9 Å². The zero-order chi connectivity index (χ0) is 21.5. The maximum atomic E-state index is 14.4. The van der Waals surface area contributed by atoms with Gasteiger partial charge in [-0.05, 0) is 42.8 Å². The van der Waals surface area contributed by atoms with Crippen LogP contribution in [-0.2, 0) is 16.1 Å². The summed E-state index contributed by atoms with van der Waals surface area (Å²) < 4.78 is 16.9. The van der Waals surface area contributed by atoms with Crippen LogP contribution in [0.3, 0.4) is 0 Å². The van der Waals surface area contributed by atoms with Gasteiger partial charge in [-0.2, -0.15) is 0 Å². The van der Waals surface area contributed by atoms with E-state index in [1.807, 2.05) is 12.1 Å². The lowest BCUT2D eigenvalue weighted by molar-refractivity contribution is -0.118. The quantitative estimate of drug-likeness (QED) is 0.498. The zero-order valence-corrected chi connectivity index (χ0v) is 18.6. The summed E-state index contributed by atoms with van der Waals surface area (Å²) in [6, 6.07) is 12.1. The first-order valence-corrected chi connectivity index (χ1v) is 11.1. The molecule has 3 rings (SSSR count). The molecule has 1 aromatic heterocycles. The normalized spacial score (nSPS) is 10.6. The Balaban J connectivity index is 1.42. The van der Waals surface area contributed by atoms with Gasteiger partial charge in [-0.15, -0.1) is 11.8 Å². The number of halogens is 2. The van der Waals surface area contributed by atoms with Crippen LogP contribution in [0.4, 0.5) is 10.1 Å². The molecule has 0 aliphatic carbocycles. The highest BCUT2D eigenvalue weighted by Gasteiger charge is 2.10. The fraction of sp³-hybridized carbons (Fsp3) is 0.190. The predicted octanol–water partition coefficient (Wildman–Crippen LogP) is 4.07. The van der Waals surface area contributed by atoms with E-state index in [1.165, 1.54) is 17.8 Å². The van der Waals surface area contributed by atoms with E-state index in [-0.39, 0.29) is 35.7 Å². The van der Waals surface area contributed by atoms with E-state index in [0.717, 1.165) is 4.47 Å². The summed E-state index contributed by atoms with van der Waals surface area (Å²) >= 11 is 4.56. The number of hydrogen-bond donors (Lipinski definition) is 2. The minimum absolute atomic E-state index is 0.140. The van der Waals surface area contributed by atoms with Gasteiger partial charge in [0.2, 0.25) is 11.8 Å². The monoisotopic (exact) mass is 490 g/mol. The lowest BCUT2D eigenvalue weighted by Gasteiger charge is -2.10. The number of amides is 2. The Labute approximate surface area is 186 Å². The van der Waals surface area contributed by atoms with E-state index in [0.29, 0.717) is 22.8 Å². The van der Waals surface area contributed by atoms with Crippen molar-refractivity contribution in [3.05, 3.63) is 76.5 Å². The van der Waals surface area contributed by atoms with Crippen LogP contribution in [0, 0.1) is 12.7 Å². The first kappa shape index (κ1) is 22.0. The summed E-state index contributed by atoms with van der Waals surface area (Å²) in [6.07, 6.45) is 3.30. The molecule has 156 valence electrons. The van der Waals surface area contributed by atoms with Crippen LogP contribution in [0.1, 0.15) is 11.4 Å². The summed E-state index contributed by atoms with van der Waals surface area (Å²) in [6.45, 7) is 2.01. The molecule has 0 aliphatic rings. The summed E-state index contributed by atoms with van der Waals surface area (Å²) in [5.41, 5.74) is 1.75. The minimum Gasteiger partial charge on any atom is -0.351 e. The number of anilines is 1. The van der Waals surface area contributed by atoms with Gasteiger partial charge < -0.3 is 15.2 Å². The third kappa shape index (κ3) is 6.17. The number of carbonyl (C=O) groups excluding carboxylic acids is 2. The van der Waals surface area contributed by atoms with E-state index >= 15 is 0 Å². The van der Waals surface area contributed by atoms with Crippen LogP contribution < -0.4 is 10.6 Å². The molecule has 6 nitrogen and oxygen atoms in total. The number of rotatable bonds is 8. The minimum atomic E-state index is -0.388. The number of benzene rings is 2. The topological polar surface area (TPSA) is 76.0 Å². The average Bonchev–Trinajstić information content (AvgIpc) is 3.12. The lowest BCUT2D eigenvalue weighted by Crippen LogP contribution is -2.25. The summed E-state index contributed by atoms with van der Waals surface area (Å²) in [5, 5.41) is 5.51. The van der Waals surface area contributed by atoms with Crippen molar-refractivity contribution >= 4 is 45.2 Å². The Morgan fingerprint density at radius 2 is 1.97 bits per heavy atom. The summed E-state index contributed by atoms with van der Waals surface area (Å²) in [5.74, 6) is 0.203. The van der Waals surface area contributed by atoms with Gasteiger partial charge in [0.25, 0.3) is 0 Å². The first-order valence-electron chi connectivity index (χ1n) is 9.11. The van der Waals surface area contributed by atoms with Crippen molar-refractivity contribution < 1.29 is 14.0 Å². The summed E-state index contributed by atoms with van der Waals surface area (Å²) in [4.78, 5) is 28.0. The molecule has 0 spiro atoms. The highest BCUT2D eigenvalue weighted by Crippen LogP contribution is 2.17. The second-order valence-electron chi connectivity index (χ2n) is 6.46. The van der Waals surface area contributed by atoms with Crippen molar-refractivity contribution in [2.75, 3.05) is 16.8 Å². The third-order valence-electron chi connectivity index (χ3n) is 4.16. The standard InChI is InChI=1S/C21H20BrFN4O2S/c1-14-24-7-8-27(14)19-6-5-15(9-18(19)23)11-25-20(28)12-30-13-21(29)26-17-4-2-3-16(22)10-17/h2-10H,11-13H2,1H3,(H,25,28)(H,26,29). The van der Waals surface area contributed by atoms with E-state index in [2.05, 4.69) is 31.5 Å². The van der Waals surface area contributed by atoms with Crippen LogP contribution in [0.25, 0.3) is 5.69 Å². The molecule has 3 aromatic rings. The predicted molar refractivity (Wildman–Crippen MR) is 120 cm³/mol. The summed E-state index contributed by atoms with van der Waals surface area (Å²) in [7, 11) is 0. The van der Waals surface area contributed by atoms with E-state index in [1.54, 1.807) is 48.1 Å². The van der Waals surface area contributed by atoms with Gasteiger partial charge in [0.05, 0.1) is 17.2 Å². The van der Waals surface area contributed by atoms with Gasteiger partial charge in [-0.1, -0.05) is 28.1 Å². The molecule has 0 radical (unpaired) electrons. The van der Waals surface area contributed by atoms with Crippen molar-refractivity contribution in [3.8, 4) is 5.69 Å². The fourth-order valence-corrected chi connectivity index (χ4v) is 3.79. The van der Waals surface area contributed by atoms with E-state index < -0.39 is 0 Å². The van der Waals surface area contributed by atoms with Crippen LogP contribution in [0.15, 0.2) is 59.3 Å². The Morgan fingerprint density at radius 1 is 1.17 bits per heavy atom. The molecule has 0 fully saturated rings. The maximum absolute atomic E-state index is 14.4. The molecule has 0 unspecified atom stereocenters. The van der Waals surface area contributed by atoms with Gasteiger partial charge >= 0.3 is 0 Å². The van der Waals surface area contributed by atoms with Crippen molar-refractivity contribution in [2.24, 2.45) is 0 Å². The fourth-order valence-electron chi connectivity index (χ4n) is 2.74. The Hall–Kier alpha value is -2.65. The van der Waals surface area contributed by atoms with Crippen LogP contribution >= 0.6 is 27.7 Å². The van der Waals surface area contributed by atoms with Gasteiger partial charge in [-0.25, -0.2) is 9.37 Å². The van der Waals surface area contributed by atoms with Gasteiger partial charge in [0.15, 0.2) is 0 Å². The van der Waals surface area contributed by atoms with Crippen LogP contribution in [0.5, 0.6) is 0 Å². The number of thioether (sulfide) groups is 1. The number of nitrogens with zero attached hydrogens (tertiary/aromatic N) is 2. The molecule has 0 saturated heterocycles.